The lowest BCUT2D eigenvalue weighted by atomic mass is 9.76. The molecule has 0 heterocycles. The van der Waals surface area contributed by atoms with E-state index in [-0.39, 0.29) is 11.2 Å². The Labute approximate surface area is 72.9 Å². The number of hydrogen-bond acceptors (Lipinski definition) is 2. The van der Waals surface area contributed by atoms with Crippen LogP contribution in [-0.2, 0) is 4.79 Å². The van der Waals surface area contributed by atoms with Gasteiger partial charge in [-0.05, 0) is 17.9 Å². The number of hydrogen-bond donors (Lipinski definition) is 0. The van der Waals surface area contributed by atoms with Gasteiger partial charge in [0.2, 0.25) is 0 Å². The van der Waals surface area contributed by atoms with Crippen molar-refractivity contribution in [2.75, 3.05) is 0 Å². The number of rotatable bonds is 1. The Balaban J connectivity index is 2.78. The van der Waals surface area contributed by atoms with Crippen LogP contribution in [0.2, 0.25) is 0 Å². The first-order valence-corrected chi connectivity index (χ1v) is 4.13. The molecule has 0 bridgehead atoms. The van der Waals surface area contributed by atoms with Crippen LogP contribution in [0.4, 0.5) is 0 Å². The summed E-state index contributed by atoms with van der Waals surface area (Å²) in [5.74, 6) is 0.163. The normalized spacial score (nSPS) is 21.4. The molecule has 2 nitrogen and oxygen atoms in total. The number of carbonyl (C=O) groups excluding carboxylic acids is 1. The summed E-state index contributed by atoms with van der Waals surface area (Å²) in [6.45, 7) is 4.13. The van der Waals surface area contributed by atoms with Crippen LogP contribution >= 0.6 is 0 Å². The minimum atomic E-state index is 0.0536. The summed E-state index contributed by atoms with van der Waals surface area (Å²) in [5.41, 5.74) is 1.04. The Morgan fingerprint density at radius 1 is 1.58 bits per heavy atom. The molecule has 0 unspecified atom stereocenters. The molecular weight excluding hydrogens is 150 g/mol. The summed E-state index contributed by atoms with van der Waals surface area (Å²) in [5, 5.41) is 8.47. The number of nitrogens with zero attached hydrogens (tertiary/aromatic N) is 1. The molecule has 2 heteroatoms. The average Bonchev–Trinajstić information content (AvgIpc) is 1.82. The predicted octanol–water partition coefficient (Wildman–Crippen LogP) is 2.22. The SMILES string of the molecule is CC1(C)CC(=O)C=C(CC#N)C1. The zero-order valence-electron chi connectivity index (χ0n) is 7.55. The maximum Gasteiger partial charge on any atom is 0.156 e. The van der Waals surface area contributed by atoms with Crippen LogP contribution in [0, 0.1) is 16.7 Å². The number of ketones is 1. The predicted molar refractivity (Wildman–Crippen MR) is 46.3 cm³/mol. The van der Waals surface area contributed by atoms with Gasteiger partial charge in [0.1, 0.15) is 0 Å². The van der Waals surface area contributed by atoms with Gasteiger partial charge in [0.15, 0.2) is 5.78 Å². The fourth-order valence-corrected chi connectivity index (χ4v) is 1.69. The monoisotopic (exact) mass is 163 g/mol. The van der Waals surface area contributed by atoms with Gasteiger partial charge in [-0.25, -0.2) is 0 Å². The van der Waals surface area contributed by atoms with E-state index in [4.69, 9.17) is 5.26 Å². The van der Waals surface area contributed by atoms with Crippen molar-refractivity contribution in [3.05, 3.63) is 11.6 Å². The minimum Gasteiger partial charge on any atom is -0.295 e. The maximum absolute atomic E-state index is 11.2. The Morgan fingerprint density at radius 3 is 2.75 bits per heavy atom. The van der Waals surface area contributed by atoms with Gasteiger partial charge in [0, 0.05) is 6.42 Å². The molecule has 0 aromatic carbocycles. The molecule has 0 saturated heterocycles. The van der Waals surface area contributed by atoms with Crippen LogP contribution in [0.5, 0.6) is 0 Å². The lowest BCUT2D eigenvalue weighted by Gasteiger charge is -2.27. The lowest BCUT2D eigenvalue weighted by Crippen LogP contribution is -2.21. The van der Waals surface area contributed by atoms with E-state index in [0.29, 0.717) is 12.8 Å². The van der Waals surface area contributed by atoms with Crippen molar-refractivity contribution >= 4 is 5.78 Å². The zero-order valence-corrected chi connectivity index (χ0v) is 7.55. The molecule has 1 rings (SSSR count). The van der Waals surface area contributed by atoms with Gasteiger partial charge in [-0.1, -0.05) is 19.4 Å². The molecule has 0 aliphatic heterocycles. The first-order valence-electron chi connectivity index (χ1n) is 4.13. The van der Waals surface area contributed by atoms with E-state index in [2.05, 4.69) is 19.9 Å². The molecule has 0 atom stereocenters. The molecule has 1 aliphatic rings. The second kappa shape index (κ2) is 3.10. The van der Waals surface area contributed by atoms with Crippen LogP contribution < -0.4 is 0 Å². The summed E-state index contributed by atoms with van der Waals surface area (Å²) in [7, 11) is 0. The maximum atomic E-state index is 11.2. The quantitative estimate of drug-likeness (QED) is 0.594. The Morgan fingerprint density at radius 2 is 2.25 bits per heavy atom. The van der Waals surface area contributed by atoms with Crippen molar-refractivity contribution in [2.45, 2.75) is 33.1 Å². The number of carbonyl (C=O) groups is 1. The highest BCUT2D eigenvalue weighted by Gasteiger charge is 2.26. The highest BCUT2D eigenvalue weighted by molar-refractivity contribution is 5.91. The largest absolute Gasteiger partial charge is 0.295 e. The van der Waals surface area contributed by atoms with Crippen LogP contribution in [0.25, 0.3) is 0 Å². The molecule has 0 aromatic rings. The third kappa shape index (κ3) is 2.20. The van der Waals surface area contributed by atoms with Crippen LogP contribution in [-0.4, -0.2) is 5.78 Å². The van der Waals surface area contributed by atoms with Crippen molar-refractivity contribution in [3.63, 3.8) is 0 Å². The van der Waals surface area contributed by atoms with E-state index in [1.54, 1.807) is 6.08 Å². The molecule has 0 fully saturated rings. The molecule has 0 radical (unpaired) electrons. The second-order valence-electron chi connectivity index (χ2n) is 4.12. The third-order valence-corrected chi connectivity index (χ3v) is 2.03. The highest BCUT2D eigenvalue weighted by Crippen LogP contribution is 2.34. The molecule has 1 aliphatic carbocycles. The van der Waals surface area contributed by atoms with Crippen molar-refractivity contribution < 1.29 is 4.79 Å². The van der Waals surface area contributed by atoms with Gasteiger partial charge in [0.05, 0.1) is 12.5 Å². The molecule has 0 N–H and O–H groups in total. The van der Waals surface area contributed by atoms with E-state index in [0.717, 1.165) is 12.0 Å². The summed E-state index contributed by atoms with van der Waals surface area (Å²) in [6, 6.07) is 2.08. The van der Waals surface area contributed by atoms with Gasteiger partial charge in [-0.2, -0.15) is 5.26 Å². The minimum absolute atomic E-state index is 0.0536. The molecule has 0 aromatic heterocycles. The average molecular weight is 163 g/mol. The van der Waals surface area contributed by atoms with Crippen LogP contribution in [0.15, 0.2) is 11.6 Å². The van der Waals surface area contributed by atoms with E-state index < -0.39 is 0 Å². The zero-order chi connectivity index (χ0) is 9.19. The Bertz CT molecular complexity index is 268. The molecule has 0 amide bonds. The van der Waals surface area contributed by atoms with Crippen molar-refractivity contribution in [1.82, 2.24) is 0 Å². The van der Waals surface area contributed by atoms with Crippen molar-refractivity contribution in [3.8, 4) is 6.07 Å². The molecule has 0 spiro atoms. The Hall–Kier alpha value is -1.10. The Kier molecular flexibility index (Phi) is 2.32. The summed E-state index contributed by atoms with van der Waals surface area (Å²) < 4.78 is 0. The van der Waals surface area contributed by atoms with Gasteiger partial charge < -0.3 is 0 Å². The first kappa shape index (κ1) is 8.99. The third-order valence-electron chi connectivity index (χ3n) is 2.03. The molecule has 64 valence electrons. The summed E-state index contributed by atoms with van der Waals surface area (Å²) in [4.78, 5) is 11.2. The van der Waals surface area contributed by atoms with Gasteiger partial charge in [0.25, 0.3) is 0 Å². The van der Waals surface area contributed by atoms with Gasteiger partial charge in [-0.3, -0.25) is 4.79 Å². The lowest BCUT2D eigenvalue weighted by molar-refractivity contribution is -0.117. The van der Waals surface area contributed by atoms with Crippen molar-refractivity contribution in [2.24, 2.45) is 5.41 Å². The van der Waals surface area contributed by atoms with E-state index in [1.807, 2.05) is 0 Å². The highest BCUT2D eigenvalue weighted by atomic mass is 16.1. The van der Waals surface area contributed by atoms with E-state index >= 15 is 0 Å². The summed E-state index contributed by atoms with van der Waals surface area (Å²) in [6.07, 6.45) is 3.53. The van der Waals surface area contributed by atoms with E-state index in [9.17, 15) is 4.79 Å². The van der Waals surface area contributed by atoms with Gasteiger partial charge in [-0.15, -0.1) is 0 Å². The number of allylic oxidation sites excluding steroid dienone is 2. The first-order chi connectivity index (χ1) is 5.53. The fraction of sp³-hybridized carbons (Fsp3) is 0.600. The topological polar surface area (TPSA) is 40.9 Å². The second-order valence-corrected chi connectivity index (χ2v) is 4.12. The molecule has 0 saturated carbocycles. The summed E-state index contributed by atoms with van der Waals surface area (Å²) >= 11 is 0. The van der Waals surface area contributed by atoms with Crippen LogP contribution in [0.3, 0.4) is 0 Å². The van der Waals surface area contributed by atoms with Crippen LogP contribution in [0.1, 0.15) is 33.1 Å². The van der Waals surface area contributed by atoms with Gasteiger partial charge >= 0.3 is 0 Å². The molecule has 12 heavy (non-hydrogen) atoms. The van der Waals surface area contributed by atoms with E-state index in [1.165, 1.54) is 0 Å². The number of nitriles is 1. The van der Waals surface area contributed by atoms with Crippen molar-refractivity contribution in [1.29, 1.82) is 5.26 Å². The fourth-order valence-electron chi connectivity index (χ4n) is 1.69. The molecular formula is C10H13NO. The smallest absolute Gasteiger partial charge is 0.156 e. The standard InChI is InChI=1S/C10H13NO/c1-10(2)6-8(3-4-11)5-9(12)7-10/h5H,3,6-7H2,1-2H3.